The van der Waals surface area contributed by atoms with Crippen molar-refractivity contribution < 1.29 is 9.18 Å². The number of imidazole rings is 1. The molecule has 0 bridgehead atoms. The SMILES string of the molecule is O=C(Nc1cncc(-c2ncc3[nH]nc(-c4nc5c(-c6ccsc6)cccc5[nH]4)c3c2F)c1)C1CC1. The van der Waals surface area contributed by atoms with Gasteiger partial charge in [0.2, 0.25) is 5.91 Å². The summed E-state index contributed by atoms with van der Waals surface area (Å²) in [4.78, 5) is 28.7. The standard InChI is InChI=1S/C26H18FN7OS/c27-21-20-19(11-29-22(21)15-8-16(10-28-9-15)30-26(35)13-4-5-13)33-34-24(20)25-31-18-3-1-2-17(23(18)32-25)14-6-7-36-12-14/h1-3,6-13H,4-5H2,(H,30,35)(H,31,32)(H,33,34). The number of amides is 1. The van der Waals surface area contributed by atoms with Crippen LogP contribution in [0.1, 0.15) is 12.8 Å². The zero-order chi connectivity index (χ0) is 24.2. The zero-order valence-corrected chi connectivity index (χ0v) is 19.6. The second-order valence-corrected chi connectivity index (χ2v) is 9.59. The number of carbonyl (C=O) groups is 1. The van der Waals surface area contributed by atoms with Gasteiger partial charge in [-0.1, -0.05) is 12.1 Å². The Morgan fingerprint density at radius 2 is 2.00 bits per heavy atom. The van der Waals surface area contributed by atoms with Gasteiger partial charge in [0.1, 0.15) is 11.4 Å². The molecule has 1 fully saturated rings. The van der Waals surface area contributed by atoms with E-state index in [1.54, 1.807) is 29.8 Å². The van der Waals surface area contributed by atoms with Gasteiger partial charge in [-0.2, -0.15) is 16.4 Å². The Balaban J connectivity index is 1.32. The third-order valence-corrected chi connectivity index (χ3v) is 7.02. The Labute approximate surface area is 207 Å². The number of carbonyl (C=O) groups excluding carboxylic acids is 1. The fraction of sp³-hybridized carbons (Fsp3) is 0.115. The highest BCUT2D eigenvalue weighted by molar-refractivity contribution is 7.08. The Morgan fingerprint density at radius 1 is 1.08 bits per heavy atom. The highest BCUT2D eigenvalue weighted by Gasteiger charge is 2.29. The molecule has 10 heteroatoms. The van der Waals surface area contributed by atoms with Crippen molar-refractivity contribution in [2.75, 3.05) is 5.32 Å². The summed E-state index contributed by atoms with van der Waals surface area (Å²) >= 11 is 1.62. The maximum absolute atomic E-state index is 15.9. The van der Waals surface area contributed by atoms with Crippen molar-refractivity contribution in [1.29, 1.82) is 0 Å². The van der Waals surface area contributed by atoms with E-state index in [1.165, 1.54) is 6.20 Å². The van der Waals surface area contributed by atoms with Gasteiger partial charge >= 0.3 is 0 Å². The molecule has 1 saturated carbocycles. The number of halogens is 1. The summed E-state index contributed by atoms with van der Waals surface area (Å²) in [6, 6.07) is 9.64. The van der Waals surface area contributed by atoms with Crippen molar-refractivity contribution >= 4 is 44.9 Å². The fourth-order valence-corrected chi connectivity index (χ4v) is 5.03. The van der Waals surface area contributed by atoms with Crippen molar-refractivity contribution in [3.63, 3.8) is 0 Å². The minimum Gasteiger partial charge on any atom is -0.337 e. The summed E-state index contributed by atoms with van der Waals surface area (Å²) < 4.78 is 15.9. The van der Waals surface area contributed by atoms with Crippen LogP contribution in [-0.4, -0.2) is 36.0 Å². The van der Waals surface area contributed by atoms with E-state index in [1.807, 2.05) is 29.6 Å². The van der Waals surface area contributed by atoms with Crippen molar-refractivity contribution in [2.45, 2.75) is 12.8 Å². The lowest BCUT2D eigenvalue weighted by Crippen LogP contribution is -2.13. The molecule has 1 amide bonds. The van der Waals surface area contributed by atoms with Crippen LogP contribution in [-0.2, 0) is 4.79 Å². The number of nitrogens with zero attached hydrogens (tertiary/aromatic N) is 4. The Kier molecular flexibility index (Phi) is 4.68. The van der Waals surface area contributed by atoms with E-state index in [-0.39, 0.29) is 22.9 Å². The number of hydrogen-bond acceptors (Lipinski definition) is 6. The number of nitrogens with one attached hydrogen (secondary N) is 3. The van der Waals surface area contributed by atoms with Crippen LogP contribution < -0.4 is 5.32 Å². The van der Waals surface area contributed by atoms with Crippen LogP contribution in [0.4, 0.5) is 10.1 Å². The third kappa shape index (κ3) is 3.45. The number of H-pyrrole nitrogens is 2. The molecule has 0 spiro atoms. The summed E-state index contributed by atoms with van der Waals surface area (Å²) in [5, 5.41) is 14.5. The van der Waals surface area contributed by atoms with Gasteiger partial charge in [-0.3, -0.25) is 19.9 Å². The molecule has 0 atom stereocenters. The predicted octanol–water partition coefficient (Wildman–Crippen LogP) is 5.78. The maximum atomic E-state index is 15.9. The highest BCUT2D eigenvalue weighted by atomic mass is 32.1. The van der Waals surface area contributed by atoms with Gasteiger partial charge in [0.05, 0.1) is 40.0 Å². The Hall–Kier alpha value is -4.44. The van der Waals surface area contributed by atoms with E-state index in [0.717, 1.165) is 35.0 Å². The molecule has 5 aromatic heterocycles. The first-order valence-electron chi connectivity index (χ1n) is 11.5. The summed E-state index contributed by atoms with van der Waals surface area (Å²) in [5.74, 6) is -0.0696. The van der Waals surface area contributed by atoms with E-state index in [9.17, 15) is 4.79 Å². The van der Waals surface area contributed by atoms with Crippen LogP contribution in [0.5, 0.6) is 0 Å². The quantitative estimate of drug-likeness (QED) is 0.281. The minimum atomic E-state index is -0.540. The van der Waals surface area contributed by atoms with E-state index >= 15 is 4.39 Å². The normalized spacial score (nSPS) is 13.5. The summed E-state index contributed by atoms with van der Waals surface area (Å²) in [7, 11) is 0. The van der Waals surface area contributed by atoms with E-state index < -0.39 is 5.82 Å². The number of benzene rings is 1. The number of aromatic nitrogens is 6. The van der Waals surface area contributed by atoms with Gasteiger partial charge in [0.25, 0.3) is 0 Å². The molecule has 0 radical (unpaired) electrons. The second kappa shape index (κ2) is 8.06. The molecule has 1 aliphatic rings. The molecule has 6 aromatic rings. The molecule has 0 saturated heterocycles. The molecule has 3 N–H and O–H groups in total. The number of anilines is 1. The van der Waals surface area contributed by atoms with Gasteiger partial charge in [-0.15, -0.1) is 0 Å². The van der Waals surface area contributed by atoms with Crippen molar-refractivity contribution in [1.82, 2.24) is 30.1 Å². The molecule has 0 unspecified atom stereocenters. The lowest BCUT2D eigenvalue weighted by Gasteiger charge is -2.07. The highest BCUT2D eigenvalue weighted by Crippen LogP contribution is 2.35. The molecule has 5 heterocycles. The monoisotopic (exact) mass is 495 g/mol. The molecule has 36 heavy (non-hydrogen) atoms. The first-order valence-corrected chi connectivity index (χ1v) is 12.4. The Morgan fingerprint density at radius 3 is 2.83 bits per heavy atom. The molecule has 1 aliphatic carbocycles. The largest absolute Gasteiger partial charge is 0.337 e. The van der Waals surface area contributed by atoms with Crippen LogP contribution >= 0.6 is 11.3 Å². The number of fused-ring (bicyclic) bond motifs is 2. The molecule has 7 rings (SSSR count). The van der Waals surface area contributed by atoms with Crippen LogP contribution in [0.3, 0.4) is 0 Å². The molecule has 176 valence electrons. The summed E-state index contributed by atoms with van der Waals surface area (Å²) in [5.41, 5.74) is 5.61. The van der Waals surface area contributed by atoms with Crippen molar-refractivity contribution in [3.8, 4) is 33.9 Å². The average Bonchev–Trinajstić information content (AvgIpc) is 3.27. The summed E-state index contributed by atoms with van der Waals surface area (Å²) in [6.45, 7) is 0. The van der Waals surface area contributed by atoms with Crippen molar-refractivity contribution in [3.05, 3.63) is 65.5 Å². The predicted molar refractivity (Wildman–Crippen MR) is 137 cm³/mol. The van der Waals surface area contributed by atoms with E-state index in [2.05, 4.69) is 35.8 Å². The second-order valence-electron chi connectivity index (χ2n) is 8.81. The zero-order valence-electron chi connectivity index (χ0n) is 18.7. The van der Waals surface area contributed by atoms with Gasteiger partial charge < -0.3 is 10.3 Å². The molecular formula is C26H18FN7OS. The first kappa shape index (κ1) is 20.9. The van der Waals surface area contributed by atoms with Gasteiger partial charge in [-0.05, 0) is 47.4 Å². The Bertz CT molecular complexity index is 1770. The van der Waals surface area contributed by atoms with Crippen LogP contribution in [0, 0.1) is 11.7 Å². The average molecular weight is 496 g/mol. The number of thiophene rings is 1. The number of pyridine rings is 2. The molecular weight excluding hydrogens is 477 g/mol. The summed E-state index contributed by atoms with van der Waals surface area (Å²) in [6.07, 6.45) is 6.40. The number of hydrogen-bond donors (Lipinski definition) is 3. The number of aromatic amines is 2. The lowest BCUT2D eigenvalue weighted by atomic mass is 10.1. The van der Waals surface area contributed by atoms with Gasteiger partial charge in [-0.25, -0.2) is 9.37 Å². The van der Waals surface area contributed by atoms with Crippen LogP contribution in [0.15, 0.2) is 59.7 Å². The number of rotatable bonds is 5. The lowest BCUT2D eigenvalue weighted by molar-refractivity contribution is -0.117. The molecule has 1 aromatic carbocycles. The number of para-hydroxylation sites is 1. The topological polar surface area (TPSA) is 112 Å². The fourth-order valence-electron chi connectivity index (χ4n) is 4.37. The van der Waals surface area contributed by atoms with E-state index in [0.29, 0.717) is 28.3 Å². The molecule has 8 nitrogen and oxygen atoms in total. The smallest absolute Gasteiger partial charge is 0.227 e. The van der Waals surface area contributed by atoms with Crippen LogP contribution in [0.25, 0.3) is 55.8 Å². The van der Waals surface area contributed by atoms with Gasteiger partial charge in [0.15, 0.2) is 11.6 Å². The third-order valence-electron chi connectivity index (χ3n) is 6.34. The van der Waals surface area contributed by atoms with Crippen LogP contribution in [0.2, 0.25) is 0 Å². The minimum absolute atomic E-state index is 0.0401. The maximum Gasteiger partial charge on any atom is 0.227 e. The van der Waals surface area contributed by atoms with E-state index in [4.69, 9.17) is 4.98 Å². The first-order chi connectivity index (χ1) is 17.7. The van der Waals surface area contributed by atoms with Gasteiger partial charge in [0, 0.05) is 23.2 Å². The van der Waals surface area contributed by atoms with Crippen molar-refractivity contribution in [2.24, 2.45) is 5.92 Å². The molecule has 0 aliphatic heterocycles.